The van der Waals surface area contributed by atoms with Crippen LogP contribution in [0.15, 0.2) is 41.2 Å². The topological polar surface area (TPSA) is 78.0 Å². The molecule has 3 rings (SSSR count). The van der Waals surface area contributed by atoms with E-state index in [1.54, 1.807) is 19.2 Å². The van der Waals surface area contributed by atoms with Crippen LogP contribution in [0.5, 0.6) is 0 Å². The molecule has 0 fully saturated rings. The number of aromatic nitrogens is 2. The monoisotopic (exact) mass is 301 g/mol. The summed E-state index contributed by atoms with van der Waals surface area (Å²) in [4.78, 5) is 12.3. The second-order valence-electron chi connectivity index (χ2n) is 5.11. The minimum absolute atomic E-state index is 0.146. The van der Waals surface area contributed by atoms with Crippen molar-refractivity contribution < 1.29 is 9.90 Å². The van der Waals surface area contributed by atoms with Gasteiger partial charge in [0.1, 0.15) is 5.60 Å². The Hall–Kier alpha value is -2.18. The number of H-pyrrole nitrogens is 1. The fourth-order valence-electron chi connectivity index (χ4n) is 2.18. The third-order valence-electron chi connectivity index (χ3n) is 3.46. The van der Waals surface area contributed by atoms with Crippen LogP contribution in [0.4, 0.5) is 0 Å². The van der Waals surface area contributed by atoms with Crippen molar-refractivity contribution in [1.29, 1.82) is 0 Å². The first-order chi connectivity index (χ1) is 10.1. The fraction of sp³-hybridized carbons (Fsp3) is 0.200. The lowest BCUT2D eigenvalue weighted by Gasteiger charge is -2.22. The van der Waals surface area contributed by atoms with Gasteiger partial charge >= 0.3 is 0 Å². The van der Waals surface area contributed by atoms with Crippen LogP contribution in [-0.4, -0.2) is 27.8 Å². The number of aromatic amines is 1. The Bertz CT molecular complexity index is 762. The van der Waals surface area contributed by atoms with E-state index in [4.69, 9.17) is 0 Å². The van der Waals surface area contributed by atoms with Crippen LogP contribution in [0.25, 0.3) is 10.9 Å². The van der Waals surface area contributed by atoms with Crippen molar-refractivity contribution in [3.8, 4) is 0 Å². The molecule has 21 heavy (non-hydrogen) atoms. The highest BCUT2D eigenvalue weighted by Crippen LogP contribution is 2.22. The molecule has 6 heteroatoms. The van der Waals surface area contributed by atoms with E-state index in [9.17, 15) is 9.90 Å². The average molecular weight is 301 g/mol. The fourth-order valence-corrected chi connectivity index (χ4v) is 2.96. The number of fused-ring (bicyclic) bond motifs is 1. The number of amides is 1. The normalized spacial score (nSPS) is 14.0. The third kappa shape index (κ3) is 2.68. The molecule has 3 aromatic rings. The molecule has 3 N–H and O–H groups in total. The van der Waals surface area contributed by atoms with Crippen LogP contribution >= 0.6 is 11.3 Å². The number of hydrogen-bond acceptors (Lipinski definition) is 4. The second-order valence-corrected chi connectivity index (χ2v) is 5.89. The van der Waals surface area contributed by atoms with Crippen LogP contribution in [0.3, 0.4) is 0 Å². The van der Waals surface area contributed by atoms with E-state index in [0.29, 0.717) is 11.1 Å². The molecule has 0 saturated carbocycles. The van der Waals surface area contributed by atoms with Crippen molar-refractivity contribution in [3.63, 3.8) is 0 Å². The van der Waals surface area contributed by atoms with Crippen molar-refractivity contribution in [2.24, 2.45) is 0 Å². The molecule has 0 aliphatic heterocycles. The van der Waals surface area contributed by atoms with Gasteiger partial charge in [0.25, 0.3) is 5.91 Å². The van der Waals surface area contributed by atoms with Gasteiger partial charge in [0.2, 0.25) is 0 Å². The first-order valence-electron chi connectivity index (χ1n) is 6.53. The quantitative estimate of drug-likeness (QED) is 0.691. The second kappa shape index (κ2) is 5.31. The molecule has 1 atom stereocenters. The Morgan fingerprint density at radius 2 is 2.33 bits per heavy atom. The number of benzene rings is 1. The largest absolute Gasteiger partial charge is 0.384 e. The van der Waals surface area contributed by atoms with Crippen molar-refractivity contribution in [2.45, 2.75) is 12.5 Å². The summed E-state index contributed by atoms with van der Waals surface area (Å²) in [6.45, 7) is 1.83. The molecular weight excluding hydrogens is 286 g/mol. The lowest BCUT2D eigenvalue weighted by molar-refractivity contribution is 0.0530. The third-order valence-corrected chi connectivity index (χ3v) is 4.14. The number of rotatable bonds is 4. The first-order valence-corrected chi connectivity index (χ1v) is 7.47. The van der Waals surface area contributed by atoms with Gasteiger partial charge < -0.3 is 10.4 Å². The van der Waals surface area contributed by atoms with E-state index < -0.39 is 5.60 Å². The smallest absolute Gasteiger partial charge is 0.253 e. The Morgan fingerprint density at radius 1 is 1.48 bits per heavy atom. The molecular formula is C15H15N3O2S. The van der Waals surface area contributed by atoms with E-state index in [1.807, 2.05) is 29.0 Å². The van der Waals surface area contributed by atoms with E-state index in [1.165, 1.54) is 11.3 Å². The highest BCUT2D eigenvalue weighted by molar-refractivity contribution is 7.08. The standard InChI is InChI=1S/C15H15N3O2S/c1-15(20,11-5-6-21-8-11)9-16-14(19)12-4-2-3-10-7-17-18-13(10)12/h2-8,20H,9H2,1H3,(H,16,19)(H,17,18). The zero-order valence-corrected chi connectivity index (χ0v) is 12.3. The molecule has 0 bridgehead atoms. The van der Waals surface area contributed by atoms with Gasteiger partial charge in [-0.3, -0.25) is 9.89 Å². The van der Waals surface area contributed by atoms with Gasteiger partial charge in [0.05, 0.1) is 23.8 Å². The average Bonchev–Trinajstić information content (AvgIpc) is 3.14. The summed E-state index contributed by atoms with van der Waals surface area (Å²) < 4.78 is 0. The lowest BCUT2D eigenvalue weighted by atomic mass is 9.99. The maximum absolute atomic E-state index is 12.3. The van der Waals surface area contributed by atoms with Crippen molar-refractivity contribution in [1.82, 2.24) is 15.5 Å². The van der Waals surface area contributed by atoms with Crippen molar-refractivity contribution >= 4 is 28.1 Å². The number of nitrogens with zero attached hydrogens (tertiary/aromatic N) is 1. The van der Waals surface area contributed by atoms with Crippen molar-refractivity contribution in [2.75, 3.05) is 6.54 Å². The summed E-state index contributed by atoms with van der Waals surface area (Å²) in [7, 11) is 0. The van der Waals surface area contributed by atoms with Gasteiger partial charge in [0.15, 0.2) is 0 Å². The van der Waals surface area contributed by atoms with Gasteiger partial charge in [-0.05, 0) is 35.4 Å². The van der Waals surface area contributed by atoms with Crippen molar-refractivity contribution in [3.05, 3.63) is 52.3 Å². The van der Waals surface area contributed by atoms with Gasteiger partial charge in [-0.25, -0.2) is 0 Å². The van der Waals surface area contributed by atoms with Crippen LogP contribution in [0.1, 0.15) is 22.8 Å². The highest BCUT2D eigenvalue weighted by atomic mass is 32.1. The number of thiophene rings is 1. The van der Waals surface area contributed by atoms with Crippen LogP contribution < -0.4 is 5.32 Å². The molecule has 1 unspecified atom stereocenters. The molecule has 2 aromatic heterocycles. The minimum Gasteiger partial charge on any atom is -0.384 e. The summed E-state index contributed by atoms with van der Waals surface area (Å²) in [5.41, 5.74) is 0.932. The summed E-state index contributed by atoms with van der Waals surface area (Å²) in [6.07, 6.45) is 1.67. The predicted octanol–water partition coefficient (Wildman–Crippen LogP) is 2.26. The zero-order valence-electron chi connectivity index (χ0n) is 11.5. The maximum atomic E-state index is 12.3. The molecule has 2 heterocycles. The molecule has 108 valence electrons. The molecule has 0 radical (unpaired) electrons. The summed E-state index contributed by atoms with van der Waals surface area (Å²) >= 11 is 1.51. The number of nitrogens with one attached hydrogen (secondary N) is 2. The number of hydrogen-bond donors (Lipinski definition) is 3. The number of para-hydroxylation sites is 1. The summed E-state index contributed by atoms with van der Waals surface area (Å²) in [6, 6.07) is 7.28. The minimum atomic E-state index is -1.09. The van der Waals surface area contributed by atoms with Gasteiger partial charge in [0, 0.05) is 5.39 Å². The predicted molar refractivity (Wildman–Crippen MR) is 82.3 cm³/mol. The molecule has 1 aromatic carbocycles. The molecule has 1 amide bonds. The van der Waals surface area contributed by atoms with Crippen LogP contribution in [0.2, 0.25) is 0 Å². The number of aliphatic hydroxyl groups is 1. The first kappa shape index (κ1) is 13.8. The Kier molecular flexibility index (Phi) is 3.48. The molecule has 0 saturated heterocycles. The van der Waals surface area contributed by atoms with E-state index in [2.05, 4.69) is 15.5 Å². The van der Waals surface area contributed by atoms with E-state index in [-0.39, 0.29) is 12.5 Å². The zero-order chi connectivity index (χ0) is 14.9. The molecule has 0 spiro atoms. The maximum Gasteiger partial charge on any atom is 0.253 e. The van der Waals surface area contributed by atoms with E-state index in [0.717, 1.165) is 10.9 Å². The molecule has 5 nitrogen and oxygen atoms in total. The molecule has 0 aliphatic rings. The highest BCUT2D eigenvalue weighted by Gasteiger charge is 2.24. The Labute approximate surface area is 125 Å². The number of carbonyl (C=O) groups excluding carboxylic acids is 1. The van der Waals surface area contributed by atoms with Crippen LogP contribution in [0, 0.1) is 0 Å². The van der Waals surface area contributed by atoms with Gasteiger partial charge in [-0.15, -0.1) is 0 Å². The number of carbonyl (C=O) groups is 1. The lowest BCUT2D eigenvalue weighted by Crippen LogP contribution is -2.38. The summed E-state index contributed by atoms with van der Waals surface area (Å²) in [5.74, 6) is -0.236. The Morgan fingerprint density at radius 3 is 3.10 bits per heavy atom. The van der Waals surface area contributed by atoms with Gasteiger partial charge in [-0.1, -0.05) is 12.1 Å². The van der Waals surface area contributed by atoms with Gasteiger partial charge in [-0.2, -0.15) is 16.4 Å². The Balaban J connectivity index is 1.77. The summed E-state index contributed by atoms with van der Waals surface area (Å²) in [5, 5.41) is 24.6. The van der Waals surface area contributed by atoms with Crippen LogP contribution in [-0.2, 0) is 5.60 Å². The SMILES string of the molecule is CC(O)(CNC(=O)c1cccc2cn[nH]c12)c1ccsc1. The van der Waals surface area contributed by atoms with E-state index >= 15 is 0 Å². The molecule has 0 aliphatic carbocycles.